The quantitative estimate of drug-likeness (QED) is 0.787. The predicted octanol–water partition coefficient (Wildman–Crippen LogP) is 3.81. The molecular formula is C10H4BrF3N2S. The van der Waals surface area contributed by atoms with Crippen LogP contribution >= 0.6 is 27.7 Å². The summed E-state index contributed by atoms with van der Waals surface area (Å²) >= 11 is 4.02. The first kappa shape index (κ1) is 12.4. The first-order valence-electron chi connectivity index (χ1n) is 4.37. The van der Waals surface area contributed by atoms with Gasteiger partial charge in [-0.3, -0.25) is 0 Å². The van der Waals surface area contributed by atoms with Crippen molar-refractivity contribution < 1.29 is 13.2 Å². The molecule has 2 aromatic rings. The molecule has 88 valence electrons. The molecule has 0 spiro atoms. The fourth-order valence-corrected chi connectivity index (χ4v) is 1.98. The molecule has 2 nitrogen and oxygen atoms in total. The molecule has 0 aliphatic carbocycles. The van der Waals surface area contributed by atoms with Crippen molar-refractivity contribution in [3.05, 3.63) is 46.5 Å². The molecule has 0 saturated carbocycles. The van der Waals surface area contributed by atoms with E-state index >= 15 is 0 Å². The molecule has 7 heteroatoms. The van der Waals surface area contributed by atoms with Crippen LogP contribution in [-0.4, -0.2) is 9.97 Å². The molecule has 0 atom stereocenters. The van der Waals surface area contributed by atoms with Crippen LogP contribution in [0, 0.1) is 17.6 Å². The molecule has 0 aliphatic heterocycles. The summed E-state index contributed by atoms with van der Waals surface area (Å²) in [5, 5.41) is 0.185. The summed E-state index contributed by atoms with van der Waals surface area (Å²) in [6, 6.07) is 3.77. The number of pyridine rings is 2. The van der Waals surface area contributed by atoms with Gasteiger partial charge in [-0.05, 0) is 39.8 Å². The Morgan fingerprint density at radius 3 is 2.53 bits per heavy atom. The monoisotopic (exact) mass is 320 g/mol. The number of rotatable bonds is 2. The van der Waals surface area contributed by atoms with Crippen molar-refractivity contribution in [2.75, 3.05) is 0 Å². The molecule has 0 N–H and O–H groups in total. The van der Waals surface area contributed by atoms with E-state index in [1.807, 2.05) is 0 Å². The Bertz CT molecular complexity index is 548. The Morgan fingerprint density at radius 1 is 1.12 bits per heavy atom. The zero-order chi connectivity index (χ0) is 12.4. The molecule has 0 aromatic carbocycles. The van der Waals surface area contributed by atoms with E-state index in [1.165, 1.54) is 6.20 Å². The molecule has 2 heterocycles. The minimum absolute atomic E-state index is 0.251. The van der Waals surface area contributed by atoms with Crippen LogP contribution in [0.5, 0.6) is 0 Å². The van der Waals surface area contributed by atoms with E-state index in [4.69, 9.17) is 0 Å². The molecule has 0 amide bonds. The summed E-state index contributed by atoms with van der Waals surface area (Å²) in [6.07, 6.45) is 1.51. The number of nitrogens with zero attached hydrogens (tertiary/aromatic N) is 2. The standard InChI is InChI=1S/C10H4BrF3N2S/c11-5-1-2-8(15-4-5)17-10-7(13)3-6(12)9(14)16-10/h1-4H. The fourth-order valence-electron chi connectivity index (χ4n) is 1.02. The second kappa shape index (κ2) is 5.05. The summed E-state index contributed by atoms with van der Waals surface area (Å²) in [5.41, 5.74) is 0. The Labute approximate surface area is 107 Å². The van der Waals surface area contributed by atoms with E-state index < -0.39 is 17.6 Å². The van der Waals surface area contributed by atoms with Gasteiger partial charge < -0.3 is 0 Å². The molecule has 2 aromatic heterocycles. The van der Waals surface area contributed by atoms with Crippen LogP contribution in [-0.2, 0) is 0 Å². The van der Waals surface area contributed by atoms with Gasteiger partial charge in [-0.1, -0.05) is 0 Å². The van der Waals surface area contributed by atoms with Crippen molar-refractivity contribution in [2.24, 2.45) is 0 Å². The third-order valence-corrected chi connectivity index (χ3v) is 3.16. The fraction of sp³-hybridized carbons (Fsp3) is 0. The third kappa shape index (κ3) is 2.98. The maximum absolute atomic E-state index is 13.3. The minimum atomic E-state index is -1.33. The summed E-state index contributed by atoms with van der Waals surface area (Å²) in [6.45, 7) is 0. The van der Waals surface area contributed by atoms with Crippen molar-refractivity contribution in [3.8, 4) is 0 Å². The van der Waals surface area contributed by atoms with Crippen molar-refractivity contribution in [1.82, 2.24) is 9.97 Å². The van der Waals surface area contributed by atoms with E-state index in [-0.39, 0.29) is 5.03 Å². The van der Waals surface area contributed by atoms with Crippen LogP contribution in [0.15, 0.2) is 38.9 Å². The van der Waals surface area contributed by atoms with Gasteiger partial charge in [-0.25, -0.2) is 18.7 Å². The highest BCUT2D eigenvalue weighted by Crippen LogP contribution is 2.27. The molecule has 0 fully saturated rings. The number of hydrogen-bond acceptors (Lipinski definition) is 3. The second-order valence-electron chi connectivity index (χ2n) is 2.96. The Morgan fingerprint density at radius 2 is 1.88 bits per heavy atom. The summed E-state index contributed by atoms with van der Waals surface area (Å²) in [5.74, 6) is -3.56. The van der Waals surface area contributed by atoms with Gasteiger partial charge in [0.2, 0.25) is 5.95 Å². The predicted molar refractivity (Wildman–Crippen MR) is 60.2 cm³/mol. The maximum Gasteiger partial charge on any atom is 0.250 e. The first-order valence-corrected chi connectivity index (χ1v) is 5.98. The summed E-state index contributed by atoms with van der Waals surface area (Å²) in [7, 11) is 0. The molecule has 0 saturated heterocycles. The topological polar surface area (TPSA) is 25.8 Å². The van der Waals surface area contributed by atoms with E-state index in [9.17, 15) is 13.2 Å². The number of aromatic nitrogens is 2. The van der Waals surface area contributed by atoms with E-state index in [0.29, 0.717) is 11.1 Å². The van der Waals surface area contributed by atoms with Crippen LogP contribution in [0.2, 0.25) is 0 Å². The lowest BCUT2D eigenvalue weighted by Gasteiger charge is -2.02. The lowest BCUT2D eigenvalue weighted by atomic mass is 10.4. The molecule has 2 rings (SSSR count). The van der Waals surface area contributed by atoms with Crippen LogP contribution in [0.4, 0.5) is 13.2 Å². The van der Waals surface area contributed by atoms with Crippen LogP contribution in [0.25, 0.3) is 0 Å². The van der Waals surface area contributed by atoms with Crippen molar-refractivity contribution in [2.45, 2.75) is 10.1 Å². The van der Waals surface area contributed by atoms with Crippen LogP contribution in [0.3, 0.4) is 0 Å². The highest BCUT2D eigenvalue weighted by atomic mass is 79.9. The lowest BCUT2D eigenvalue weighted by Crippen LogP contribution is -1.96. The van der Waals surface area contributed by atoms with Crippen molar-refractivity contribution in [3.63, 3.8) is 0 Å². The molecule has 0 radical (unpaired) electrons. The molecule has 0 unspecified atom stereocenters. The largest absolute Gasteiger partial charge is 0.250 e. The van der Waals surface area contributed by atoms with E-state index in [0.717, 1.165) is 16.2 Å². The normalized spacial score (nSPS) is 10.6. The highest BCUT2D eigenvalue weighted by molar-refractivity contribution is 9.10. The van der Waals surface area contributed by atoms with E-state index in [1.54, 1.807) is 12.1 Å². The SMILES string of the molecule is Fc1cc(F)c(Sc2ccc(Br)cn2)nc1F. The van der Waals surface area contributed by atoms with Gasteiger partial charge in [-0.15, -0.1) is 0 Å². The summed E-state index contributed by atoms with van der Waals surface area (Å²) in [4.78, 5) is 7.14. The van der Waals surface area contributed by atoms with Gasteiger partial charge in [0, 0.05) is 16.7 Å². The van der Waals surface area contributed by atoms with Gasteiger partial charge in [-0.2, -0.15) is 4.39 Å². The first-order chi connectivity index (χ1) is 8.06. The highest BCUT2D eigenvalue weighted by Gasteiger charge is 2.13. The average Bonchev–Trinajstić information content (AvgIpc) is 2.29. The average molecular weight is 321 g/mol. The number of halogens is 4. The Balaban J connectivity index is 2.30. The molecule has 0 bridgehead atoms. The molecule has 17 heavy (non-hydrogen) atoms. The smallest absolute Gasteiger partial charge is 0.248 e. The van der Waals surface area contributed by atoms with Gasteiger partial charge >= 0.3 is 0 Å². The van der Waals surface area contributed by atoms with Gasteiger partial charge in [0.1, 0.15) is 10.1 Å². The van der Waals surface area contributed by atoms with Crippen molar-refractivity contribution in [1.29, 1.82) is 0 Å². The number of hydrogen-bond donors (Lipinski definition) is 0. The van der Waals surface area contributed by atoms with Crippen molar-refractivity contribution >= 4 is 27.7 Å². The summed E-state index contributed by atoms with van der Waals surface area (Å²) < 4.78 is 39.5. The third-order valence-electron chi connectivity index (χ3n) is 1.76. The molecule has 0 aliphatic rings. The van der Waals surface area contributed by atoms with E-state index in [2.05, 4.69) is 25.9 Å². The van der Waals surface area contributed by atoms with Crippen LogP contribution < -0.4 is 0 Å². The zero-order valence-corrected chi connectivity index (χ0v) is 10.5. The minimum Gasteiger partial charge on any atom is -0.248 e. The second-order valence-corrected chi connectivity index (χ2v) is 4.89. The zero-order valence-electron chi connectivity index (χ0n) is 8.12. The van der Waals surface area contributed by atoms with Crippen LogP contribution in [0.1, 0.15) is 0 Å². The van der Waals surface area contributed by atoms with Gasteiger partial charge in [0.15, 0.2) is 11.6 Å². The van der Waals surface area contributed by atoms with Gasteiger partial charge in [0.05, 0.1) is 0 Å². The Kier molecular flexibility index (Phi) is 3.68. The lowest BCUT2D eigenvalue weighted by molar-refractivity contribution is 0.448. The Hall–Kier alpha value is -1.08. The van der Waals surface area contributed by atoms with Gasteiger partial charge in [0.25, 0.3) is 0 Å². The maximum atomic E-state index is 13.3. The molecular weight excluding hydrogens is 317 g/mol.